The normalized spacial score (nSPS) is 11.0. The summed E-state index contributed by atoms with van der Waals surface area (Å²) in [7, 11) is 0. The van der Waals surface area contributed by atoms with Crippen LogP contribution in [0, 0.1) is 0 Å². The van der Waals surface area contributed by atoms with E-state index in [9.17, 15) is 4.79 Å². The Kier molecular flexibility index (Phi) is 4.65. The van der Waals surface area contributed by atoms with Crippen molar-refractivity contribution in [3.63, 3.8) is 0 Å². The van der Waals surface area contributed by atoms with Gasteiger partial charge in [-0.25, -0.2) is 4.68 Å². The van der Waals surface area contributed by atoms with Crippen LogP contribution in [-0.2, 0) is 13.0 Å². The maximum Gasteiger partial charge on any atom is 0.273 e. The fourth-order valence-electron chi connectivity index (χ4n) is 2.39. The van der Waals surface area contributed by atoms with E-state index in [0.717, 1.165) is 36.1 Å². The summed E-state index contributed by atoms with van der Waals surface area (Å²) in [6.07, 6.45) is 2.51. The van der Waals surface area contributed by atoms with Crippen molar-refractivity contribution in [3.05, 3.63) is 41.8 Å². The number of nitrogens with one attached hydrogen (secondary N) is 1. The van der Waals surface area contributed by atoms with Gasteiger partial charge < -0.3 is 9.84 Å². The molecule has 0 fully saturated rings. The highest BCUT2D eigenvalue weighted by Gasteiger charge is 2.11. The van der Waals surface area contributed by atoms with Gasteiger partial charge in [-0.3, -0.25) is 4.79 Å². The number of rotatable bonds is 7. The highest BCUT2D eigenvalue weighted by atomic mass is 16.5. The van der Waals surface area contributed by atoms with Crippen LogP contribution in [0.25, 0.3) is 11.0 Å². The van der Waals surface area contributed by atoms with Gasteiger partial charge in [0, 0.05) is 25.6 Å². The van der Waals surface area contributed by atoms with E-state index in [-0.39, 0.29) is 5.91 Å². The van der Waals surface area contributed by atoms with E-state index in [4.69, 9.17) is 4.52 Å². The van der Waals surface area contributed by atoms with Crippen LogP contribution >= 0.6 is 0 Å². The van der Waals surface area contributed by atoms with Crippen molar-refractivity contribution in [2.24, 2.45) is 0 Å². The topological polar surface area (TPSA) is 85.8 Å². The highest BCUT2D eigenvalue weighted by Crippen LogP contribution is 2.10. The molecule has 3 aromatic rings. The zero-order chi connectivity index (χ0) is 16.1. The van der Waals surface area contributed by atoms with Gasteiger partial charge in [0.25, 0.3) is 5.91 Å². The van der Waals surface area contributed by atoms with Crippen molar-refractivity contribution in [1.82, 2.24) is 25.5 Å². The number of hydrogen-bond acceptors (Lipinski definition) is 5. The van der Waals surface area contributed by atoms with Crippen molar-refractivity contribution >= 4 is 16.9 Å². The number of fused-ring (bicyclic) bond motifs is 1. The number of hydrogen-bond donors (Lipinski definition) is 1. The molecular formula is C16H19N5O2. The molecule has 0 aliphatic rings. The van der Waals surface area contributed by atoms with Gasteiger partial charge in [-0.15, -0.1) is 5.10 Å². The standard InChI is InChI=1S/C16H19N5O2/c1-2-6-12-11-14(19-23-12)16(22)17-9-5-10-21-15-8-4-3-7-13(15)18-20-21/h3-4,7-8,11H,2,5-6,9-10H2,1H3,(H,17,22). The fraction of sp³-hybridized carbons (Fsp3) is 0.375. The summed E-state index contributed by atoms with van der Waals surface area (Å²) in [6.45, 7) is 3.29. The van der Waals surface area contributed by atoms with Crippen LogP contribution in [0.4, 0.5) is 0 Å². The third-order valence-corrected chi connectivity index (χ3v) is 3.54. The van der Waals surface area contributed by atoms with Crippen molar-refractivity contribution in [2.75, 3.05) is 6.54 Å². The first-order valence-electron chi connectivity index (χ1n) is 7.80. The van der Waals surface area contributed by atoms with Crippen LogP contribution in [-0.4, -0.2) is 32.6 Å². The van der Waals surface area contributed by atoms with E-state index >= 15 is 0 Å². The first kappa shape index (κ1) is 15.2. The largest absolute Gasteiger partial charge is 0.361 e. The lowest BCUT2D eigenvalue weighted by Gasteiger charge is -2.03. The number of carbonyl (C=O) groups excluding carboxylic acids is 1. The van der Waals surface area contributed by atoms with Crippen LogP contribution in [0.15, 0.2) is 34.9 Å². The molecule has 23 heavy (non-hydrogen) atoms. The molecule has 1 N–H and O–H groups in total. The molecule has 2 heterocycles. The predicted molar refractivity (Wildman–Crippen MR) is 85.0 cm³/mol. The molecule has 0 bridgehead atoms. The average Bonchev–Trinajstić information content (AvgIpc) is 3.19. The number of para-hydroxylation sites is 1. The Bertz CT molecular complexity index is 792. The Morgan fingerprint density at radius 1 is 1.35 bits per heavy atom. The number of benzene rings is 1. The Balaban J connectivity index is 1.48. The van der Waals surface area contributed by atoms with Gasteiger partial charge in [-0.1, -0.05) is 29.4 Å². The second kappa shape index (κ2) is 7.04. The minimum absolute atomic E-state index is 0.209. The second-order valence-corrected chi connectivity index (χ2v) is 5.34. The summed E-state index contributed by atoms with van der Waals surface area (Å²) >= 11 is 0. The Morgan fingerprint density at radius 2 is 2.22 bits per heavy atom. The van der Waals surface area contributed by atoms with Crippen LogP contribution in [0.5, 0.6) is 0 Å². The van der Waals surface area contributed by atoms with E-state index in [2.05, 4.69) is 27.7 Å². The number of carbonyl (C=O) groups is 1. The summed E-state index contributed by atoms with van der Waals surface area (Å²) in [5.74, 6) is 0.534. The van der Waals surface area contributed by atoms with Crippen molar-refractivity contribution in [3.8, 4) is 0 Å². The molecular weight excluding hydrogens is 294 g/mol. The molecule has 0 aliphatic carbocycles. The van der Waals surface area contributed by atoms with Crippen LogP contribution in [0.1, 0.15) is 36.0 Å². The summed E-state index contributed by atoms with van der Waals surface area (Å²) in [4.78, 5) is 12.0. The van der Waals surface area contributed by atoms with E-state index in [1.165, 1.54) is 0 Å². The molecule has 7 nitrogen and oxygen atoms in total. The number of amides is 1. The van der Waals surface area contributed by atoms with Crippen LogP contribution in [0.3, 0.4) is 0 Å². The molecule has 7 heteroatoms. The zero-order valence-electron chi connectivity index (χ0n) is 13.0. The molecule has 2 aromatic heterocycles. The maximum absolute atomic E-state index is 12.0. The van der Waals surface area contributed by atoms with Gasteiger partial charge >= 0.3 is 0 Å². The number of aryl methyl sites for hydroxylation is 2. The van der Waals surface area contributed by atoms with Gasteiger partial charge in [0.1, 0.15) is 11.3 Å². The minimum atomic E-state index is -0.209. The molecule has 0 saturated carbocycles. The molecule has 0 atom stereocenters. The van der Waals surface area contributed by atoms with Crippen LogP contribution in [0.2, 0.25) is 0 Å². The predicted octanol–water partition coefficient (Wildman–Crippen LogP) is 2.19. The first-order chi connectivity index (χ1) is 11.3. The minimum Gasteiger partial charge on any atom is -0.361 e. The van der Waals surface area contributed by atoms with Crippen molar-refractivity contribution in [1.29, 1.82) is 0 Å². The Labute approximate surface area is 133 Å². The van der Waals surface area contributed by atoms with Crippen molar-refractivity contribution < 1.29 is 9.32 Å². The number of nitrogens with zero attached hydrogens (tertiary/aromatic N) is 4. The second-order valence-electron chi connectivity index (χ2n) is 5.34. The summed E-state index contributed by atoms with van der Waals surface area (Å²) in [5.41, 5.74) is 2.21. The van der Waals surface area contributed by atoms with Gasteiger partial charge in [-0.2, -0.15) is 0 Å². The van der Waals surface area contributed by atoms with Gasteiger partial charge in [0.15, 0.2) is 5.69 Å². The molecule has 3 rings (SSSR count). The summed E-state index contributed by atoms with van der Waals surface area (Å²) in [5, 5.41) is 14.9. The average molecular weight is 313 g/mol. The van der Waals surface area contributed by atoms with Gasteiger partial charge in [-0.05, 0) is 25.0 Å². The lowest BCUT2D eigenvalue weighted by molar-refractivity contribution is 0.0943. The van der Waals surface area contributed by atoms with E-state index in [0.29, 0.717) is 18.8 Å². The summed E-state index contributed by atoms with van der Waals surface area (Å²) < 4.78 is 6.95. The molecule has 0 unspecified atom stereocenters. The highest BCUT2D eigenvalue weighted by molar-refractivity contribution is 5.92. The zero-order valence-corrected chi connectivity index (χ0v) is 13.0. The van der Waals surface area contributed by atoms with E-state index in [1.54, 1.807) is 6.07 Å². The molecule has 1 amide bonds. The SMILES string of the molecule is CCCc1cc(C(=O)NCCCn2nnc3ccccc32)no1. The third kappa shape index (κ3) is 3.56. The van der Waals surface area contributed by atoms with Gasteiger partial charge in [0.05, 0.1) is 5.52 Å². The Morgan fingerprint density at radius 3 is 3.09 bits per heavy atom. The lowest BCUT2D eigenvalue weighted by atomic mass is 10.2. The quantitative estimate of drug-likeness (QED) is 0.676. The number of aromatic nitrogens is 4. The third-order valence-electron chi connectivity index (χ3n) is 3.54. The van der Waals surface area contributed by atoms with E-state index in [1.807, 2.05) is 28.9 Å². The van der Waals surface area contributed by atoms with Crippen molar-refractivity contribution in [2.45, 2.75) is 32.7 Å². The molecule has 0 radical (unpaired) electrons. The molecule has 0 spiro atoms. The molecule has 0 aliphatic heterocycles. The first-order valence-corrected chi connectivity index (χ1v) is 7.80. The monoisotopic (exact) mass is 313 g/mol. The maximum atomic E-state index is 12.0. The van der Waals surface area contributed by atoms with Gasteiger partial charge in [0.2, 0.25) is 0 Å². The molecule has 1 aromatic carbocycles. The Hall–Kier alpha value is -2.70. The molecule has 0 saturated heterocycles. The fourth-order valence-corrected chi connectivity index (χ4v) is 2.39. The smallest absolute Gasteiger partial charge is 0.273 e. The van der Waals surface area contributed by atoms with E-state index < -0.39 is 0 Å². The molecule has 120 valence electrons. The van der Waals surface area contributed by atoms with Crippen LogP contribution < -0.4 is 5.32 Å². The lowest BCUT2D eigenvalue weighted by Crippen LogP contribution is -2.25. The summed E-state index contributed by atoms with van der Waals surface area (Å²) in [6, 6.07) is 9.51.